The largest absolute Gasteiger partial charge is 0.465 e. The van der Waals surface area contributed by atoms with Crippen molar-refractivity contribution in [1.29, 1.82) is 0 Å². The molecule has 1 heterocycles. The molecular weight excluding hydrogens is 352 g/mol. The van der Waals surface area contributed by atoms with E-state index in [1.54, 1.807) is 0 Å². The fourth-order valence-corrected chi connectivity index (χ4v) is 4.17. The molecule has 2 fully saturated rings. The summed E-state index contributed by atoms with van der Waals surface area (Å²) in [6.07, 6.45) is 17.0. The molecule has 0 aliphatic heterocycles. The van der Waals surface area contributed by atoms with Gasteiger partial charge in [0.25, 0.3) is 0 Å². The molecule has 29 heavy (non-hydrogen) atoms. The molecule has 0 saturated heterocycles. The van der Waals surface area contributed by atoms with Gasteiger partial charge in [0, 0.05) is 11.8 Å². The molecule has 2 aliphatic rings. The normalized spacial score (nSPS) is 20.1. The Kier molecular flexibility index (Phi) is 5.56. The zero-order valence-corrected chi connectivity index (χ0v) is 16.1. The average Bonchev–Trinajstić information content (AvgIpc) is 3.54. The molecule has 1 aromatic heterocycles. The van der Waals surface area contributed by atoms with Gasteiger partial charge in [-0.1, -0.05) is 60.7 Å². The van der Waals surface area contributed by atoms with Crippen LogP contribution in [0.4, 0.5) is 0 Å². The molecule has 3 aromatic rings. The second kappa shape index (κ2) is 8.61. The zero-order valence-electron chi connectivity index (χ0n) is 16.1. The van der Waals surface area contributed by atoms with E-state index in [0.717, 1.165) is 11.5 Å². The van der Waals surface area contributed by atoms with Crippen LogP contribution in [-0.4, -0.2) is 0 Å². The fraction of sp³-hybridized carbons (Fsp3) is 0.0714. The van der Waals surface area contributed by atoms with Gasteiger partial charge in [-0.3, -0.25) is 0 Å². The maximum atomic E-state index is 6.56. The van der Waals surface area contributed by atoms with E-state index in [1.807, 2.05) is 0 Å². The fourth-order valence-electron chi connectivity index (χ4n) is 4.17. The van der Waals surface area contributed by atoms with Crippen molar-refractivity contribution in [2.45, 2.75) is 11.8 Å². The first-order valence-electron chi connectivity index (χ1n) is 10.0. The molecule has 1 heteroatoms. The van der Waals surface area contributed by atoms with Crippen molar-refractivity contribution in [2.24, 2.45) is 0 Å². The molecule has 2 unspecified atom stereocenters. The van der Waals surface area contributed by atoms with Crippen LogP contribution in [0.25, 0.3) is 0 Å². The maximum absolute atomic E-state index is 6.56. The summed E-state index contributed by atoms with van der Waals surface area (Å²) in [5.41, 5.74) is 2.48. The first kappa shape index (κ1) is 18.7. The monoisotopic (exact) mass is 374 g/mol. The number of furan rings is 1. The summed E-state index contributed by atoms with van der Waals surface area (Å²) >= 11 is 0. The summed E-state index contributed by atoms with van der Waals surface area (Å²) in [7, 11) is 0. The van der Waals surface area contributed by atoms with E-state index in [4.69, 9.17) is 4.42 Å². The van der Waals surface area contributed by atoms with Crippen LogP contribution < -0.4 is 0 Å². The zero-order chi connectivity index (χ0) is 19.5. The van der Waals surface area contributed by atoms with E-state index in [1.165, 1.54) is 23.0 Å². The Hall–Kier alpha value is -2.28. The summed E-state index contributed by atoms with van der Waals surface area (Å²) in [6, 6.07) is 25.4. The van der Waals surface area contributed by atoms with E-state index in [9.17, 15) is 0 Å². The standard InChI is InChI=1S/C28H22O/c1-3-11-21(12-4-1)27(23-15-7-8-16-23)25-19-20-26(29-25)28(24-17-9-10-18-24)22-13-5-2-6-14-22/h1-20,27-28H. The van der Waals surface area contributed by atoms with Crippen molar-refractivity contribution >= 4 is 0 Å². The van der Waals surface area contributed by atoms with Crippen LogP contribution in [0.1, 0.15) is 34.5 Å². The Morgan fingerprint density at radius 1 is 0.448 bits per heavy atom. The van der Waals surface area contributed by atoms with Crippen LogP contribution in [-0.2, 0) is 0 Å². The van der Waals surface area contributed by atoms with E-state index in [-0.39, 0.29) is 11.8 Å². The molecule has 2 saturated carbocycles. The second-order valence-corrected chi connectivity index (χ2v) is 7.36. The third-order valence-electron chi connectivity index (χ3n) is 5.53. The predicted octanol–water partition coefficient (Wildman–Crippen LogP) is 6.35. The first-order chi connectivity index (χ1) is 14.4. The van der Waals surface area contributed by atoms with Gasteiger partial charge in [0.1, 0.15) is 11.5 Å². The molecule has 2 aromatic carbocycles. The van der Waals surface area contributed by atoms with Crippen molar-refractivity contribution in [1.82, 2.24) is 0 Å². The van der Waals surface area contributed by atoms with Gasteiger partial charge in [-0.05, 0) is 86.5 Å². The second-order valence-electron chi connectivity index (χ2n) is 7.36. The lowest BCUT2D eigenvalue weighted by Crippen LogP contribution is -2.11. The Morgan fingerprint density at radius 2 is 0.828 bits per heavy atom. The molecule has 0 N–H and O–H groups in total. The van der Waals surface area contributed by atoms with Crippen LogP contribution in [0.5, 0.6) is 0 Å². The summed E-state index contributed by atoms with van der Waals surface area (Å²) in [4.78, 5) is 0. The molecule has 0 spiro atoms. The highest BCUT2D eigenvalue weighted by Crippen LogP contribution is 2.45. The van der Waals surface area contributed by atoms with Crippen LogP contribution >= 0.6 is 0 Å². The third-order valence-corrected chi connectivity index (χ3v) is 5.53. The Balaban J connectivity index is 1.51. The lowest BCUT2D eigenvalue weighted by Gasteiger charge is -2.23. The van der Waals surface area contributed by atoms with E-state index in [0.29, 0.717) is 0 Å². The molecule has 10 radical (unpaired) electrons. The van der Waals surface area contributed by atoms with Crippen molar-refractivity contribution in [3.63, 3.8) is 0 Å². The van der Waals surface area contributed by atoms with Gasteiger partial charge in [0.05, 0.1) is 0 Å². The smallest absolute Gasteiger partial charge is 0.112 e. The van der Waals surface area contributed by atoms with Gasteiger partial charge in [0.2, 0.25) is 0 Å². The molecule has 0 amide bonds. The van der Waals surface area contributed by atoms with Crippen LogP contribution in [0.15, 0.2) is 77.2 Å². The predicted molar refractivity (Wildman–Crippen MR) is 116 cm³/mol. The average molecular weight is 374 g/mol. The van der Waals surface area contributed by atoms with Gasteiger partial charge in [-0.2, -0.15) is 0 Å². The highest BCUT2D eigenvalue weighted by Gasteiger charge is 2.34. The molecule has 2 atom stereocenters. The minimum Gasteiger partial charge on any atom is -0.465 e. The van der Waals surface area contributed by atoms with Gasteiger partial charge in [0.15, 0.2) is 0 Å². The van der Waals surface area contributed by atoms with Gasteiger partial charge in [-0.15, -0.1) is 0 Å². The lowest BCUT2D eigenvalue weighted by molar-refractivity contribution is 0.443. The number of benzene rings is 2. The van der Waals surface area contributed by atoms with Crippen molar-refractivity contribution < 1.29 is 4.42 Å². The van der Waals surface area contributed by atoms with Gasteiger partial charge in [-0.25, -0.2) is 0 Å². The molecular formula is C28H22O. The highest BCUT2D eigenvalue weighted by molar-refractivity contribution is 5.50. The third kappa shape index (κ3) is 3.92. The summed E-state index contributed by atoms with van der Waals surface area (Å²) in [5, 5.41) is 0. The summed E-state index contributed by atoms with van der Waals surface area (Å²) in [5.74, 6) is 4.64. The Bertz CT molecular complexity index is 808. The van der Waals surface area contributed by atoms with Crippen LogP contribution in [0.3, 0.4) is 0 Å². The minimum atomic E-state index is 0.0936. The van der Waals surface area contributed by atoms with Crippen LogP contribution in [0.2, 0.25) is 0 Å². The molecule has 140 valence electrons. The van der Waals surface area contributed by atoms with Gasteiger partial charge < -0.3 is 4.42 Å². The van der Waals surface area contributed by atoms with Crippen molar-refractivity contribution in [3.8, 4) is 0 Å². The minimum absolute atomic E-state index is 0.0936. The van der Waals surface area contributed by atoms with E-state index >= 15 is 0 Å². The molecule has 0 bridgehead atoms. The summed E-state index contributed by atoms with van der Waals surface area (Å²) < 4.78 is 6.56. The first-order valence-corrected chi connectivity index (χ1v) is 10.0. The summed E-state index contributed by atoms with van der Waals surface area (Å²) in [6.45, 7) is 0. The maximum Gasteiger partial charge on any atom is 0.112 e. The molecule has 1 nitrogen and oxygen atoms in total. The van der Waals surface area contributed by atoms with Crippen LogP contribution in [0, 0.1) is 63.2 Å². The van der Waals surface area contributed by atoms with Crippen molar-refractivity contribution in [3.05, 3.63) is 159 Å². The van der Waals surface area contributed by atoms with E-state index < -0.39 is 0 Å². The molecule has 2 aliphatic carbocycles. The SMILES string of the molecule is [CH]1[CH][CH][C](C(c2ccccc2)c2ccc(C([C]3[CH][CH][CH][CH]3)c3ccccc3)o2)[CH]1. The van der Waals surface area contributed by atoms with Crippen molar-refractivity contribution in [2.75, 3.05) is 0 Å². The molecule has 5 rings (SSSR count). The number of hydrogen-bond donors (Lipinski definition) is 0. The number of hydrogen-bond acceptors (Lipinski definition) is 1. The van der Waals surface area contributed by atoms with E-state index in [2.05, 4.69) is 124 Å². The lowest BCUT2D eigenvalue weighted by atomic mass is 9.83. The Morgan fingerprint density at radius 3 is 1.21 bits per heavy atom. The van der Waals surface area contributed by atoms with Gasteiger partial charge >= 0.3 is 0 Å². The number of rotatable bonds is 6. The quantitative estimate of drug-likeness (QED) is 0.490. The topological polar surface area (TPSA) is 13.1 Å². The highest BCUT2D eigenvalue weighted by atomic mass is 16.3. The Labute approximate surface area is 175 Å².